The number of nitrogens with zero attached hydrogens (tertiary/aromatic N) is 1. The molecule has 3 rings (SSSR count). The van der Waals surface area contributed by atoms with Gasteiger partial charge >= 0.3 is 0 Å². The molecule has 0 saturated heterocycles. The van der Waals surface area contributed by atoms with Gasteiger partial charge in [-0.2, -0.15) is 12.6 Å². The molecule has 2 aliphatic rings. The maximum atomic E-state index is 5.54. The van der Waals surface area contributed by atoms with E-state index in [0.717, 1.165) is 24.1 Å². The number of rotatable bonds is 6. The highest BCUT2D eigenvalue weighted by Crippen LogP contribution is 2.40. The van der Waals surface area contributed by atoms with Crippen LogP contribution in [0.3, 0.4) is 0 Å². The summed E-state index contributed by atoms with van der Waals surface area (Å²) in [6, 6.07) is 4.89. The summed E-state index contributed by atoms with van der Waals surface area (Å²) in [6.45, 7) is 2.19. The molecule has 2 saturated carbocycles. The molecule has 0 aliphatic heterocycles. The van der Waals surface area contributed by atoms with Crippen LogP contribution >= 0.6 is 12.6 Å². The molecule has 0 unspecified atom stereocenters. The smallest absolute Gasteiger partial charge is 0.117 e. The van der Waals surface area contributed by atoms with Crippen LogP contribution in [0, 0.1) is 5.41 Å². The van der Waals surface area contributed by atoms with E-state index in [1.807, 2.05) is 6.07 Å². The highest BCUT2D eigenvalue weighted by Gasteiger charge is 2.38. The van der Waals surface area contributed by atoms with Gasteiger partial charge in [0.1, 0.15) is 5.76 Å². The van der Waals surface area contributed by atoms with Crippen LogP contribution in [0.25, 0.3) is 0 Å². The SMILES string of the molecule is SCC1(CN(Cc2ccco2)C2CC2)CCCCC1. The summed E-state index contributed by atoms with van der Waals surface area (Å²) in [4.78, 5) is 2.65. The van der Waals surface area contributed by atoms with E-state index in [2.05, 4.69) is 23.6 Å². The molecule has 0 bridgehead atoms. The molecule has 1 heterocycles. The Morgan fingerprint density at radius 1 is 1.26 bits per heavy atom. The lowest BCUT2D eigenvalue weighted by atomic mass is 9.75. The second kappa shape index (κ2) is 5.92. The molecule has 106 valence electrons. The number of hydrogen-bond acceptors (Lipinski definition) is 3. The highest BCUT2D eigenvalue weighted by molar-refractivity contribution is 7.80. The van der Waals surface area contributed by atoms with Crippen molar-refractivity contribution in [3.63, 3.8) is 0 Å². The zero-order chi connectivity index (χ0) is 13.1. The van der Waals surface area contributed by atoms with Crippen molar-refractivity contribution in [3.8, 4) is 0 Å². The van der Waals surface area contributed by atoms with E-state index in [0.29, 0.717) is 5.41 Å². The predicted octanol–water partition coefficient (Wildman–Crippen LogP) is 4.12. The fraction of sp³-hybridized carbons (Fsp3) is 0.750. The van der Waals surface area contributed by atoms with Gasteiger partial charge in [0.15, 0.2) is 0 Å². The van der Waals surface area contributed by atoms with Gasteiger partial charge < -0.3 is 4.42 Å². The van der Waals surface area contributed by atoms with Gasteiger partial charge in [-0.3, -0.25) is 4.90 Å². The standard InChI is InChI=1S/C16H25NOS/c19-13-16(8-2-1-3-9-16)12-17(14-6-7-14)11-15-5-4-10-18-15/h4-5,10,14,19H,1-3,6-9,11-13H2. The minimum atomic E-state index is 0.455. The minimum Gasteiger partial charge on any atom is -0.468 e. The Hall–Kier alpha value is -0.410. The number of furan rings is 1. The van der Waals surface area contributed by atoms with Crippen LogP contribution in [0.15, 0.2) is 22.8 Å². The maximum Gasteiger partial charge on any atom is 0.117 e. The van der Waals surface area contributed by atoms with Gasteiger partial charge in [-0.25, -0.2) is 0 Å². The van der Waals surface area contributed by atoms with Gasteiger partial charge in [0.25, 0.3) is 0 Å². The molecule has 0 radical (unpaired) electrons. The maximum absolute atomic E-state index is 5.54. The lowest BCUT2D eigenvalue weighted by molar-refractivity contribution is 0.109. The van der Waals surface area contributed by atoms with Crippen LogP contribution in [-0.2, 0) is 6.54 Å². The van der Waals surface area contributed by atoms with Gasteiger partial charge in [0.05, 0.1) is 12.8 Å². The summed E-state index contributed by atoms with van der Waals surface area (Å²) >= 11 is 4.68. The van der Waals surface area contributed by atoms with Crippen LogP contribution < -0.4 is 0 Å². The zero-order valence-corrected chi connectivity index (χ0v) is 12.6. The third-order valence-corrected chi connectivity index (χ3v) is 5.46. The van der Waals surface area contributed by atoms with E-state index < -0.39 is 0 Å². The molecule has 0 amide bonds. The van der Waals surface area contributed by atoms with Crippen molar-refractivity contribution in [1.82, 2.24) is 4.90 Å². The molecule has 2 aliphatic carbocycles. The highest BCUT2D eigenvalue weighted by atomic mass is 32.1. The molecule has 1 aromatic rings. The number of thiol groups is 1. The van der Waals surface area contributed by atoms with Gasteiger partial charge in [0, 0.05) is 12.6 Å². The van der Waals surface area contributed by atoms with E-state index in [4.69, 9.17) is 4.42 Å². The third kappa shape index (κ3) is 3.38. The lowest BCUT2D eigenvalue weighted by Crippen LogP contribution is -2.41. The molecule has 19 heavy (non-hydrogen) atoms. The first-order valence-electron chi connectivity index (χ1n) is 7.69. The van der Waals surface area contributed by atoms with Gasteiger partial charge in [-0.05, 0) is 49.0 Å². The van der Waals surface area contributed by atoms with E-state index >= 15 is 0 Å². The van der Waals surface area contributed by atoms with Crippen LogP contribution in [0.2, 0.25) is 0 Å². The van der Waals surface area contributed by atoms with Crippen LogP contribution in [0.5, 0.6) is 0 Å². The topological polar surface area (TPSA) is 16.4 Å². The summed E-state index contributed by atoms with van der Waals surface area (Å²) in [5.74, 6) is 2.14. The normalized spacial score (nSPS) is 22.8. The largest absolute Gasteiger partial charge is 0.468 e. The zero-order valence-electron chi connectivity index (χ0n) is 11.7. The van der Waals surface area contributed by atoms with Crippen molar-refractivity contribution in [2.45, 2.75) is 57.5 Å². The Kier molecular flexibility index (Phi) is 4.23. The van der Waals surface area contributed by atoms with E-state index in [1.54, 1.807) is 6.26 Å². The Morgan fingerprint density at radius 2 is 2.05 bits per heavy atom. The van der Waals surface area contributed by atoms with Gasteiger partial charge in [-0.1, -0.05) is 19.3 Å². The van der Waals surface area contributed by atoms with E-state index in [9.17, 15) is 0 Å². The quantitative estimate of drug-likeness (QED) is 0.788. The van der Waals surface area contributed by atoms with Crippen LogP contribution in [-0.4, -0.2) is 23.2 Å². The first kappa shape index (κ1) is 13.6. The van der Waals surface area contributed by atoms with Crippen molar-refractivity contribution in [2.24, 2.45) is 5.41 Å². The molecule has 1 aromatic heterocycles. The number of hydrogen-bond donors (Lipinski definition) is 1. The van der Waals surface area contributed by atoms with Crippen LogP contribution in [0.4, 0.5) is 0 Å². The molecule has 2 fully saturated rings. The van der Waals surface area contributed by atoms with Crippen molar-refractivity contribution in [1.29, 1.82) is 0 Å². The average Bonchev–Trinajstić information content (AvgIpc) is 3.18. The second-order valence-corrected chi connectivity index (χ2v) is 6.75. The fourth-order valence-electron chi connectivity index (χ4n) is 3.46. The van der Waals surface area contributed by atoms with Crippen molar-refractivity contribution in [2.75, 3.05) is 12.3 Å². The van der Waals surface area contributed by atoms with Gasteiger partial charge in [-0.15, -0.1) is 0 Å². The molecular formula is C16H25NOS. The minimum absolute atomic E-state index is 0.455. The van der Waals surface area contributed by atoms with E-state index in [-0.39, 0.29) is 0 Å². The van der Waals surface area contributed by atoms with Crippen LogP contribution in [0.1, 0.15) is 50.7 Å². The molecule has 3 heteroatoms. The first-order chi connectivity index (χ1) is 9.31. The Labute approximate surface area is 122 Å². The second-order valence-electron chi connectivity index (χ2n) is 6.43. The van der Waals surface area contributed by atoms with Crippen molar-refractivity contribution < 1.29 is 4.42 Å². The van der Waals surface area contributed by atoms with Gasteiger partial charge in [0.2, 0.25) is 0 Å². The molecule has 0 spiro atoms. The van der Waals surface area contributed by atoms with Crippen molar-refractivity contribution in [3.05, 3.63) is 24.2 Å². The summed E-state index contributed by atoms with van der Waals surface area (Å²) in [7, 11) is 0. The third-order valence-electron chi connectivity index (χ3n) is 4.79. The summed E-state index contributed by atoms with van der Waals surface area (Å²) in [5, 5.41) is 0. The molecule has 2 nitrogen and oxygen atoms in total. The molecule has 0 N–H and O–H groups in total. The summed E-state index contributed by atoms with van der Waals surface area (Å²) in [6.07, 6.45) is 11.4. The lowest BCUT2D eigenvalue weighted by Gasteiger charge is -2.40. The Bertz CT molecular complexity index is 379. The van der Waals surface area contributed by atoms with Crippen molar-refractivity contribution >= 4 is 12.6 Å². The predicted molar refractivity (Wildman–Crippen MR) is 81.5 cm³/mol. The summed E-state index contributed by atoms with van der Waals surface area (Å²) in [5.41, 5.74) is 0.455. The van der Waals surface area contributed by atoms with E-state index in [1.165, 1.54) is 51.5 Å². The molecule has 0 atom stereocenters. The molecular weight excluding hydrogens is 254 g/mol. The first-order valence-corrected chi connectivity index (χ1v) is 8.32. The average molecular weight is 279 g/mol. The Morgan fingerprint density at radius 3 is 2.63 bits per heavy atom. The molecule has 0 aromatic carbocycles. The monoisotopic (exact) mass is 279 g/mol. The summed E-state index contributed by atoms with van der Waals surface area (Å²) < 4.78 is 5.54. The Balaban J connectivity index is 1.66. The fourth-order valence-corrected chi connectivity index (χ4v) is 3.87.